The van der Waals surface area contributed by atoms with Gasteiger partial charge in [0.15, 0.2) is 0 Å². The summed E-state index contributed by atoms with van der Waals surface area (Å²) in [6.07, 6.45) is 0. The predicted molar refractivity (Wildman–Crippen MR) is 68.3 cm³/mol. The molecule has 0 saturated carbocycles. The minimum absolute atomic E-state index is 0.0839. The van der Waals surface area contributed by atoms with Gasteiger partial charge in [0.05, 0.1) is 9.73 Å². The highest BCUT2D eigenvalue weighted by atomic mass is 79.9. The molecule has 0 spiro atoms. The fraction of sp³-hybridized carbons (Fsp3) is 0.250. The molecule has 0 bridgehead atoms. The van der Waals surface area contributed by atoms with Gasteiger partial charge >= 0.3 is 9.24 Å². The number of rotatable bonds is 3. The lowest BCUT2D eigenvalue weighted by Crippen LogP contribution is -2.05. The molecule has 0 radical (unpaired) electrons. The van der Waals surface area contributed by atoms with Crippen molar-refractivity contribution in [1.82, 2.24) is 0 Å². The molecule has 0 heterocycles. The van der Waals surface area contributed by atoms with Gasteiger partial charge in [-0.2, -0.15) is 8.42 Å². The highest BCUT2D eigenvalue weighted by Crippen LogP contribution is 2.19. The van der Waals surface area contributed by atoms with Gasteiger partial charge in [-0.25, -0.2) is 4.21 Å². The molecule has 8 heteroatoms. The van der Waals surface area contributed by atoms with Gasteiger partial charge in [0.25, 0.3) is 0 Å². The molecular weight excluding hydrogens is 338 g/mol. The summed E-state index contributed by atoms with van der Waals surface area (Å²) in [5, 5.41) is 0. The van der Waals surface area contributed by atoms with Crippen LogP contribution in [0.4, 0.5) is 0 Å². The quantitative estimate of drug-likeness (QED) is 0.791. The third kappa shape index (κ3) is 3.73. The summed E-state index contributed by atoms with van der Waals surface area (Å²) >= 11 is 3.23. The average Bonchev–Trinajstić information content (AvgIpc) is 2.16. The number of benzene rings is 1. The van der Waals surface area contributed by atoms with E-state index in [4.69, 9.17) is 10.7 Å². The van der Waals surface area contributed by atoms with E-state index in [2.05, 4.69) is 19.7 Å². The van der Waals surface area contributed by atoms with Gasteiger partial charge in [0, 0.05) is 25.8 Å². The maximum atomic E-state index is 12.2. The lowest BCUT2D eigenvalue weighted by molar-refractivity contribution is 0.611. The fourth-order valence-electron chi connectivity index (χ4n) is 1.05. The summed E-state index contributed by atoms with van der Waals surface area (Å²) in [7, 11) is -2.14. The van der Waals surface area contributed by atoms with Gasteiger partial charge in [-0.1, -0.05) is 26.6 Å². The highest BCUT2D eigenvalue weighted by Gasteiger charge is 2.14. The second kappa shape index (κ2) is 5.03. The molecule has 0 aliphatic rings. The van der Waals surface area contributed by atoms with E-state index in [1.165, 1.54) is 0 Å². The number of halogens is 2. The van der Waals surface area contributed by atoms with Crippen molar-refractivity contribution in [3.05, 3.63) is 28.7 Å². The third-order valence-corrected chi connectivity index (χ3v) is 6.29. The van der Waals surface area contributed by atoms with Crippen molar-refractivity contribution < 1.29 is 12.6 Å². The second-order valence-electron chi connectivity index (χ2n) is 2.87. The minimum atomic E-state index is -4.14. The zero-order chi connectivity index (χ0) is 12.4. The van der Waals surface area contributed by atoms with Crippen LogP contribution in [-0.2, 0) is 19.0 Å². The molecule has 4 nitrogen and oxygen atoms in total. The van der Waals surface area contributed by atoms with Gasteiger partial charge < -0.3 is 0 Å². The predicted octanol–water partition coefficient (Wildman–Crippen LogP) is 2.78. The lowest BCUT2D eigenvalue weighted by Gasteiger charge is -2.06. The normalized spacial score (nSPS) is 15.4. The first-order chi connectivity index (χ1) is 7.27. The van der Waals surface area contributed by atoms with E-state index in [1.807, 2.05) is 0 Å². The summed E-state index contributed by atoms with van der Waals surface area (Å²) in [4.78, 5) is 0.349. The van der Waals surface area contributed by atoms with E-state index < -0.39 is 19.0 Å². The van der Waals surface area contributed by atoms with Crippen molar-refractivity contribution in [3.8, 4) is 0 Å². The van der Waals surface area contributed by atoms with Crippen molar-refractivity contribution in [2.75, 3.05) is 5.75 Å². The van der Waals surface area contributed by atoms with Crippen molar-refractivity contribution in [2.45, 2.75) is 11.8 Å². The lowest BCUT2D eigenvalue weighted by atomic mass is 10.4. The smallest absolute Gasteiger partial charge is 0.244 e. The molecule has 0 aliphatic carbocycles. The average molecular weight is 347 g/mol. The van der Waals surface area contributed by atoms with Crippen LogP contribution in [0.2, 0.25) is 0 Å². The van der Waals surface area contributed by atoms with Crippen LogP contribution in [0.15, 0.2) is 37.4 Å². The minimum Gasteiger partial charge on any atom is -0.244 e. The van der Waals surface area contributed by atoms with Gasteiger partial charge in [0.2, 0.25) is 0 Å². The molecule has 1 rings (SSSR count). The van der Waals surface area contributed by atoms with Crippen molar-refractivity contribution in [3.63, 3.8) is 0 Å². The van der Waals surface area contributed by atoms with E-state index in [0.29, 0.717) is 4.90 Å². The standard InChI is InChI=1S/C8H9BrClNO3S2/c1-2-15(12,11-16(10,13)14)8-5-3-7(9)4-6-8/h3-6H,2H2,1H3/t15-/m0/s1. The third-order valence-electron chi connectivity index (χ3n) is 1.78. The molecule has 0 N–H and O–H groups in total. The van der Waals surface area contributed by atoms with Crippen LogP contribution in [0, 0.1) is 0 Å². The molecule has 0 fully saturated rings. The topological polar surface area (TPSA) is 63.6 Å². The highest BCUT2D eigenvalue weighted by molar-refractivity contribution is 9.10. The molecule has 1 aromatic rings. The zero-order valence-corrected chi connectivity index (χ0v) is 12.2. The Morgan fingerprint density at radius 1 is 1.25 bits per heavy atom. The monoisotopic (exact) mass is 345 g/mol. The fourth-order valence-corrected chi connectivity index (χ4v) is 4.95. The van der Waals surface area contributed by atoms with E-state index in [-0.39, 0.29) is 5.75 Å². The summed E-state index contributed by atoms with van der Waals surface area (Å²) in [5.41, 5.74) is 0. The molecule has 0 aromatic heterocycles. The van der Waals surface area contributed by atoms with Crippen LogP contribution in [0.1, 0.15) is 6.92 Å². The summed E-state index contributed by atoms with van der Waals surface area (Å²) in [5.74, 6) is 0.0839. The SMILES string of the molecule is CC[S@@](=O)(=NS(=O)(=O)Cl)c1ccc(Br)cc1. The number of hydrogen-bond acceptors (Lipinski definition) is 3. The van der Waals surface area contributed by atoms with Crippen LogP contribution in [0.25, 0.3) is 0 Å². The Labute approximate surface area is 108 Å². The Hall–Kier alpha value is -0.110. The molecule has 0 aliphatic heterocycles. The molecule has 1 aromatic carbocycles. The van der Waals surface area contributed by atoms with Crippen molar-refractivity contribution >= 4 is 45.6 Å². The van der Waals surface area contributed by atoms with E-state index >= 15 is 0 Å². The maximum Gasteiger partial charge on any atom is 0.347 e. The Morgan fingerprint density at radius 2 is 1.75 bits per heavy atom. The number of nitrogens with zero attached hydrogens (tertiary/aromatic N) is 1. The van der Waals surface area contributed by atoms with Crippen LogP contribution < -0.4 is 0 Å². The molecule has 90 valence electrons. The summed E-state index contributed by atoms with van der Waals surface area (Å²) < 4.78 is 38.0. The molecule has 16 heavy (non-hydrogen) atoms. The van der Waals surface area contributed by atoms with E-state index in [0.717, 1.165) is 4.47 Å². The van der Waals surface area contributed by atoms with Crippen LogP contribution in [0.5, 0.6) is 0 Å². The molecular formula is C8H9BrClNO3S2. The summed E-state index contributed by atoms with van der Waals surface area (Å²) in [6.45, 7) is 1.59. The van der Waals surface area contributed by atoms with Crippen molar-refractivity contribution in [2.24, 2.45) is 3.77 Å². The molecule has 0 amide bonds. The van der Waals surface area contributed by atoms with E-state index in [9.17, 15) is 12.6 Å². The van der Waals surface area contributed by atoms with Gasteiger partial charge in [-0.15, -0.1) is 0 Å². The maximum absolute atomic E-state index is 12.2. The first-order valence-electron chi connectivity index (χ1n) is 4.23. The molecule has 0 saturated heterocycles. The Kier molecular flexibility index (Phi) is 4.39. The Bertz CT molecular complexity index is 588. The van der Waals surface area contributed by atoms with Crippen LogP contribution >= 0.6 is 26.6 Å². The molecule has 0 unspecified atom stereocenters. The largest absolute Gasteiger partial charge is 0.347 e. The van der Waals surface area contributed by atoms with Gasteiger partial charge in [-0.3, -0.25) is 0 Å². The first kappa shape index (κ1) is 14.0. The Morgan fingerprint density at radius 3 is 2.12 bits per heavy atom. The van der Waals surface area contributed by atoms with Gasteiger partial charge in [-0.05, 0) is 24.3 Å². The second-order valence-corrected chi connectivity index (χ2v) is 8.71. The van der Waals surface area contributed by atoms with Crippen LogP contribution in [-0.4, -0.2) is 18.4 Å². The van der Waals surface area contributed by atoms with Crippen LogP contribution in [0.3, 0.4) is 0 Å². The Balaban J connectivity index is 3.43. The molecule has 1 atom stereocenters. The first-order valence-corrected chi connectivity index (χ1v) is 8.97. The van der Waals surface area contributed by atoms with Crippen molar-refractivity contribution in [1.29, 1.82) is 0 Å². The van der Waals surface area contributed by atoms with E-state index in [1.54, 1.807) is 31.2 Å². The van der Waals surface area contributed by atoms with Gasteiger partial charge in [0.1, 0.15) is 0 Å². The number of hydrogen-bond donors (Lipinski definition) is 0. The summed E-state index contributed by atoms with van der Waals surface area (Å²) in [6, 6.07) is 6.45. The zero-order valence-electron chi connectivity index (χ0n) is 8.26.